The van der Waals surface area contributed by atoms with Crippen molar-refractivity contribution in [3.05, 3.63) is 33.8 Å². The summed E-state index contributed by atoms with van der Waals surface area (Å²) >= 11 is 11.7. The second kappa shape index (κ2) is 6.41. The van der Waals surface area contributed by atoms with E-state index < -0.39 is 0 Å². The Balaban J connectivity index is 2.90. The number of benzene rings is 1. The fourth-order valence-electron chi connectivity index (χ4n) is 1.72. The molecule has 1 aromatic rings. The Hall–Kier alpha value is -0.770. The quantitative estimate of drug-likeness (QED) is 0.874. The molecule has 1 amide bonds. The summed E-state index contributed by atoms with van der Waals surface area (Å²) in [5.74, 6) is -0.178. The number of hydrogen-bond acceptors (Lipinski definition) is 2. The van der Waals surface area contributed by atoms with E-state index in [4.69, 9.17) is 28.9 Å². The summed E-state index contributed by atoms with van der Waals surface area (Å²) in [6, 6.07) is 4.82. The molecule has 5 heteroatoms. The molecule has 0 saturated heterocycles. The molecule has 0 heterocycles. The number of carbonyl (C=O) groups excluding carboxylic acids is 1. The number of nitrogens with one attached hydrogen (secondary N) is 1. The average molecular weight is 289 g/mol. The first-order valence-corrected chi connectivity index (χ1v) is 6.71. The maximum Gasteiger partial charge on any atom is 0.251 e. The standard InChI is InChI=1S/C13H18Cl2N2O/c1-3-13(4-2,8-16)17-12(18)9-5-6-10(14)11(15)7-9/h5-7H,3-4,8,16H2,1-2H3,(H,17,18). The topological polar surface area (TPSA) is 55.1 Å². The molecule has 0 atom stereocenters. The van der Waals surface area contributed by atoms with E-state index in [0.717, 1.165) is 12.8 Å². The Labute approximate surface area is 118 Å². The number of amides is 1. The fourth-order valence-corrected chi connectivity index (χ4v) is 2.01. The van der Waals surface area contributed by atoms with Gasteiger partial charge in [0, 0.05) is 12.1 Å². The van der Waals surface area contributed by atoms with Crippen LogP contribution < -0.4 is 11.1 Å². The first-order chi connectivity index (χ1) is 8.48. The number of rotatable bonds is 5. The van der Waals surface area contributed by atoms with E-state index >= 15 is 0 Å². The largest absolute Gasteiger partial charge is 0.345 e. The van der Waals surface area contributed by atoms with Gasteiger partial charge in [0.15, 0.2) is 0 Å². The maximum absolute atomic E-state index is 12.1. The van der Waals surface area contributed by atoms with Gasteiger partial charge in [-0.3, -0.25) is 4.79 Å². The van der Waals surface area contributed by atoms with Gasteiger partial charge < -0.3 is 11.1 Å². The highest BCUT2D eigenvalue weighted by Gasteiger charge is 2.26. The van der Waals surface area contributed by atoms with Crippen molar-refractivity contribution in [3.63, 3.8) is 0 Å². The van der Waals surface area contributed by atoms with Crippen LogP contribution in [-0.4, -0.2) is 18.0 Å². The summed E-state index contributed by atoms with van der Waals surface area (Å²) < 4.78 is 0. The number of hydrogen-bond donors (Lipinski definition) is 2. The van der Waals surface area contributed by atoms with Crippen molar-refractivity contribution in [2.24, 2.45) is 5.73 Å². The van der Waals surface area contributed by atoms with E-state index in [1.807, 2.05) is 13.8 Å². The molecule has 0 aliphatic heterocycles. The van der Waals surface area contributed by atoms with E-state index in [2.05, 4.69) is 5.32 Å². The van der Waals surface area contributed by atoms with Crippen molar-refractivity contribution >= 4 is 29.1 Å². The average Bonchev–Trinajstić information content (AvgIpc) is 2.39. The molecule has 0 radical (unpaired) electrons. The maximum atomic E-state index is 12.1. The van der Waals surface area contributed by atoms with Crippen LogP contribution in [0.25, 0.3) is 0 Å². The van der Waals surface area contributed by atoms with Crippen molar-refractivity contribution in [2.75, 3.05) is 6.54 Å². The summed E-state index contributed by atoms with van der Waals surface area (Å²) in [6.45, 7) is 4.42. The van der Waals surface area contributed by atoms with E-state index in [1.54, 1.807) is 18.2 Å². The first-order valence-electron chi connectivity index (χ1n) is 5.95. The van der Waals surface area contributed by atoms with Crippen LogP contribution in [0.5, 0.6) is 0 Å². The van der Waals surface area contributed by atoms with E-state index in [-0.39, 0.29) is 11.4 Å². The third-order valence-corrected chi connectivity index (χ3v) is 4.04. The van der Waals surface area contributed by atoms with Gasteiger partial charge in [-0.15, -0.1) is 0 Å². The molecule has 100 valence electrons. The molecule has 1 aromatic carbocycles. The van der Waals surface area contributed by atoms with Crippen molar-refractivity contribution in [2.45, 2.75) is 32.2 Å². The van der Waals surface area contributed by atoms with Crippen LogP contribution in [0.3, 0.4) is 0 Å². The molecule has 3 nitrogen and oxygen atoms in total. The van der Waals surface area contributed by atoms with Gasteiger partial charge in [0.25, 0.3) is 5.91 Å². The Bertz CT molecular complexity index is 423. The minimum atomic E-state index is -0.358. The number of nitrogens with two attached hydrogens (primary N) is 1. The molecule has 0 fully saturated rings. The van der Waals surface area contributed by atoms with Crippen LogP contribution >= 0.6 is 23.2 Å². The third-order valence-electron chi connectivity index (χ3n) is 3.30. The van der Waals surface area contributed by atoms with Gasteiger partial charge in [0.1, 0.15) is 0 Å². The van der Waals surface area contributed by atoms with Gasteiger partial charge in [0.05, 0.1) is 15.6 Å². The van der Waals surface area contributed by atoms with Gasteiger partial charge in [-0.1, -0.05) is 37.0 Å². The van der Waals surface area contributed by atoms with Crippen LogP contribution in [0.1, 0.15) is 37.0 Å². The van der Waals surface area contributed by atoms with E-state index in [1.165, 1.54) is 0 Å². The van der Waals surface area contributed by atoms with Crippen LogP contribution in [0, 0.1) is 0 Å². The lowest BCUT2D eigenvalue weighted by Crippen LogP contribution is -2.52. The first kappa shape index (κ1) is 15.3. The molecule has 0 aliphatic carbocycles. The van der Waals surface area contributed by atoms with E-state index in [0.29, 0.717) is 22.2 Å². The van der Waals surface area contributed by atoms with Crippen molar-refractivity contribution < 1.29 is 4.79 Å². The van der Waals surface area contributed by atoms with Gasteiger partial charge in [-0.05, 0) is 31.0 Å². The molecule has 0 saturated carbocycles. The van der Waals surface area contributed by atoms with Gasteiger partial charge in [0.2, 0.25) is 0 Å². The number of carbonyl (C=O) groups is 1. The van der Waals surface area contributed by atoms with Gasteiger partial charge >= 0.3 is 0 Å². The molecule has 18 heavy (non-hydrogen) atoms. The van der Waals surface area contributed by atoms with Gasteiger partial charge in [-0.25, -0.2) is 0 Å². The Morgan fingerprint density at radius 1 is 1.28 bits per heavy atom. The van der Waals surface area contributed by atoms with Crippen LogP contribution in [0.4, 0.5) is 0 Å². The second-order valence-corrected chi connectivity index (χ2v) is 5.09. The fraction of sp³-hybridized carbons (Fsp3) is 0.462. The molecular weight excluding hydrogens is 271 g/mol. The van der Waals surface area contributed by atoms with Crippen LogP contribution in [0.15, 0.2) is 18.2 Å². The lowest BCUT2D eigenvalue weighted by molar-refractivity contribution is 0.0895. The Morgan fingerprint density at radius 2 is 1.89 bits per heavy atom. The monoisotopic (exact) mass is 288 g/mol. The highest BCUT2D eigenvalue weighted by molar-refractivity contribution is 6.42. The third kappa shape index (κ3) is 3.37. The van der Waals surface area contributed by atoms with Crippen molar-refractivity contribution in [1.82, 2.24) is 5.32 Å². The molecule has 0 spiro atoms. The molecule has 0 aliphatic rings. The Morgan fingerprint density at radius 3 is 2.33 bits per heavy atom. The van der Waals surface area contributed by atoms with Crippen molar-refractivity contribution in [1.29, 1.82) is 0 Å². The highest BCUT2D eigenvalue weighted by Crippen LogP contribution is 2.23. The van der Waals surface area contributed by atoms with Crippen molar-refractivity contribution in [3.8, 4) is 0 Å². The molecule has 0 unspecified atom stereocenters. The molecule has 0 aromatic heterocycles. The Kier molecular flexibility index (Phi) is 5.45. The SMILES string of the molecule is CCC(CC)(CN)NC(=O)c1ccc(Cl)c(Cl)c1. The predicted octanol–water partition coefficient (Wildman–Crippen LogP) is 3.24. The molecule has 0 bridgehead atoms. The lowest BCUT2D eigenvalue weighted by Gasteiger charge is -2.31. The normalized spacial score (nSPS) is 11.4. The zero-order valence-electron chi connectivity index (χ0n) is 10.6. The summed E-state index contributed by atoms with van der Waals surface area (Å²) in [4.78, 5) is 12.1. The predicted molar refractivity (Wildman–Crippen MR) is 76.3 cm³/mol. The zero-order chi connectivity index (χ0) is 13.8. The summed E-state index contributed by atoms with van der Waals surface area (Å²) in [6.07, 6.45) is 1.57. The van der Waals surface area contributed by atoms with Crippen LogP contribution in [0.2, 0.25) is 10.0 Å². The molecule has 1 rings (SSSR count). The highest BCUT2D eigenvalue weighted by atomic mass is 35.5. The zero-order valence-corrected chi connectivity index (χ0v) is 12.1. The number of halogens is 2. The van der Waals surface area contributed by atoms with Gasteiger partial charge in [-0.2, -0.15) is 0 Å². The summed E-state index contributed by atoms with van der Waals surface area (Å²) in [5, 5.41) is 3.78. The lowest BCUT2D eigenvalue weighted by atomic mass is 9.92. The minimum absolute atomic E-state index is 0.178. The van der Waals surface area contributed by atoms with E-state index in [9.17, 15) is 4.79 Å². The smallest absolute Gasteiger partial charge is 0.251 e. The second-order valence-electron chi connectivity index (χ2n) is 4.27. The summed E-state index contributed by atoms with van der Waals surface area (Å²) in [7, 11) is 0. The molecule has 3 N–H and O–H groups in total. The minimum Gasteiger partial charge on any atom is -0.345 e. The van der Waals surface area contributed by atoms with Crippen LogP contribution in [-0.2, 0) is 0 Å². The summed E-state index contributed by atoms with van der Waals surface area (Å²) in [5.41, 5.74) is 5.88. The molecular formula is C13H18Cl2N2O.